The molecule has 1 aliphatic rings. The highest BCUT2D eigenvalue weighted by Crippen LogP contribution is 2.25. The molecule has 0 spiro atoms. The molecule has 1 atom stereocenters. The van der Waals surface area contributed by atoms with Crippen LogP contribution in [0.4, 0.5) is 0 Å². The van der Waals surface area contributed by atoms with Crippen molar-refractivity contribution < 1.29 is 9.90 Å². The van der Waals surface area contributed by atoms with Gasteiger partial charge in [0.15, 0.2) is 0 Å². The molecule has 1 aliphatic carbocycles. The molecule has 0 heterocycles. The molecule has 1 amide bonds. The summed E-state index contributed by atoms with van der Waals surface area (Å²) in [4.78, 5) is 12.4. The minimum absolute atomic E-state index is 0.0726. The normalized spacial score (nSPS) is 17.3. The van der Waals surface area contributed by atoms with Crippen molar-refractivity contribution in [2.45, 2.75) is 38.1 Å². The van der Waals surface area contributed by atoms with E-state index in [4.69, 9.17) is 0 Å². The van der Waals surface area contributed by atoms with Gasteiger partial charge in [-0.05, 0) is 35.2 Å². The lowest BCUT2D eigenvalue weighted by molar-refractivity contribution is -0.127. The maximum atomic E-state index is 12.4. The van der Waals surface area contributed by atoms with Crippen LogP contribution in [0.3, 0.4) is 0 Å². The van der Waals surface area contributed by atoms with E-state index in [0.29, 0.717) is 0 Å². The summed E-state index contributed by atoms with van der Waals surface area (Å²) in [5.74, 6) is 0.204. The molecule has 0 radical (unpaired) electrons. The monoisotopic (exact) mass is 297 g/mol. The second-order valence-corrected chi connectivity index (χ2v) is 6.19. The highest BCUT2D eigenvalue weighted by Gasteiger charge is 2.23. The summed E-state index contributed by atoms with van der Waals surface area (Å²) in [6.45, 7) is -0.0726. The first-order chi connectivity index (χ1) is 10.8. The number of carbonyl (C=O) groups excluding carboxylic acids is 1. The van der Waals surface area contributed by atoms with Crippen molar-refractivity contribution in [1.29, 1.82) is 0 Å². The standard InChI is InChI=1S/C19H23NO2/c21-13-18(20-19(22)15-7-2-1-3-8-15)17-11-10-14-6-4-5-9-16(14)12-17/h4-6,9-12,15,18,21H,1-3,7-8,13H2,(H,20,22)/t18-/m0/s1. The molecule has 1 fully saturated rings. The van der Waals surface area contributed by atoms with E-state index in [1.54, 1.807) is 0 Å². The minimum Gasteiger partial charge on any atom is -0.394 e. The number of rotatable bonds is 4. The van der Waals surface area contributed by atoms with E-state index in [1.165, 1.54) is 11.8 Å². The van der Waals surface area contributed by atoms with Gasteiger partial charge in [0.1, 0.15) is 0 Å². The minimum atomic E-state index is -0.320. The summed E-state index contributed by atoms with van der Waals surface area (Å²) in [7, 11) is 0. The molecule has 3 heteroatoms. The number of hydrogen-bond acceptors (Lipinski definition) is 2. The molecule has 2 aromatic carbocycles. The molecule has 0 unspecified atom stereocenters. The number of benzene rings is 2. The van der Waals surface area contributed by atoms with Crippen LogP contribution in [-0.4, -0.2) is 17.6 Å². The molecule has 1 saturated carbocycles. The van der Waals surface area contributed by atoms with Gasteiger partial charge in [0.25, 0.3) is 0 Å². The zero-order valence-corrected chi connectivity index (χ0v) is 12.8. The van der Waals surface area contributed by atoms with Gasteiger partial charge in [-0.15, -0.1) is 0 Å². The molecule has 3 rings (SSSR count). The van der Waals surface area contributed by atoms with E-state index in [9.17, 15) is 9.90 Å². The first-order valence-electron chi connectivity index (χ1n) is 8.18. The lowest BCUT2D eigenvalue weighted by Crippen LogP contribution is -2.36. The van der Waals surface area contributed by atoms with Crippen molar-refractivity contribution >= 4 is 16.7 Å². The Kier molecular flexibility index (Phi) is 4.74. The Morgan fingerprint density at radius 1 is 1.09 bits per heavy atom. The number of hydrogen-bond donors (Lipinski definition) is 2. The molecule has 2 aromatic rings. The van der Waals surface area contributed by atoms with Crippen molar-refractivity contribution in [3.05, 3.63) is 48.0 Å². The summed E-state index contributed by atoms with van der Waals surface area (Å²) in [5, 5.41) is 15.0. The summed E-state index contributed by atoms with van der Waals surface area (Å²) in [5.41, 5.74) is 0.963. The maximum Gasteiger partial charge on any atom is 0.223 e. The van der Waals surface area contributed by atoms with E-state index in [1.807, 2.05) is 24.3 Å². The van der Waals surface area contributed by atoms with Gasteiger partial charge in [-0.2, -0.15) is 0 Å². The molecule has 2 N–H and O–H groups in total. The Morgan fingerprint density at radius 3 is 2.55 bits per heavy atom. The van der Waals surface area contributed by atoms with Crippen LogP contribution < -0.4 is 5.32 Å². The number of fused-ring (bicyclic) bond motifs is 1. The van der Waals surface area contributed by atoms with Crippen LogP contribution in [0.15, 0.2) is 42.5 Å². The summed E-state index contributed by atoms with van der Waals surface area (Å²) in [6.07, 6.45) is 5.46. The van der Waals surface area contributed by atoms with Gasteiger partial charge in [0.2, 0.25) is 5.91 Å². The molecule has 22 heavy (non-hydrogen) atoms. The van der Waals surface area contributed by atoms with Crippen LogP contribution >= 0.6 is 0 Å². The number of nitrogens with one attached hydrogen (secondary N) is 1. The Morgan fingerprint density at radius 2 is 1.82 bits per heavy atom. The fourth-order valence-corrected chi connectivity index (χ4v) is 3.31. The van der Waals surface area contributed by atoms with E-state index < -0.39 is 0 Å². The molecule has 0 aromatic heterocycles. The Balaban J connectivity index is 1.75. The van der Waals surface area contributed by atoms with Gasteiger partial charge in [-0.3, -0.25) is 4.79 Å². The lowest BCUT2D eigenvalue weighted by atomic mass is 9.88. The van der Waals surface area contributed by atoms with Gasteiger partial charge in [0.05, 0.1) is 12.6 Å². The SMILES string of the molecule is O=C(N[C@@H](CO)c1ccc2ccccc2c1)C1CCCCC1. The third kappa shape index (κ3) is 3.30. The van der Waals surface area contributed by atoms with Crippen LogP contribution in [0.1, 0.15) is 43.7 Å². The van der Waals surface area contributed by atoms with Gasteiger partial charge in [-0.25, -0.2) is 0 Å². The van der Waals surface area contributed by atoms with Crippen molar-refractivity contribution in [1.82, 2.24) is 5.32 Å². The topological polar surface area (TPSA) is 49.3 Å². The smallest absolute Gasteiger partial charge is 0.223 e. The summed E-state index contributed by atoms with van der Waals surface area (Å²) in [6, 6.07) is 13.9. The Labute approximate surface area is 131 Å². The van der Waals surface area contributed by atoms with Crippen molar-refractivity contribution in [2.24, 2.45) is 5.92 Å². The van der Waals surface area contributed by atoms with E-state index in [-0.39, 0.29) is 24.5 Å². The molecule has 0 aliphatic heterocycles. The largest absolute Gasteiger partial charge is 0.394 e. The van der Waals surface area contributed by atoms with Crippen molar-refractivity contribution in [3.8, 4) is 0 Å². The van der Waals surface area contributed by atoms with Gasteiger partial charge in [0, 0.05) is 5.92 Å². The predicted octanol–water partition coefficient (Wildman–Crippen LogP) is 3.57. The second kappa shape index (κ2) is 6.93. The van der Waals surface area contributed by atoms with Gasteiger partial charge >= 0.3 is 0 Å². The highest BCUT2D eigenvalue weighted by molar-refractivity contribution is 5.83. The van der Waals surface area contributed by atoms with E-state index in [0.717, 1.165) is 36.6 Å². The third-order valence-corrected chi connectivity index (χ3v) is 4.65. The van der Waals surface area contributed by atoms with Crippen LogP contribution in [0.2, 0.25) is 0 Å². The molecule has 116 valence electrons. The quantitative estimate of drug-likeness (QED) is 0.906. The predicted molar refractivity (Wildman–Crippen MR) is 88.5 cm³/mol. The Bertz CT molecular complexity index is 647. The number of amides is 1. The van der Waals surface area contributed by atoms with Gasteiger partial charge < -0.3 is 10.4 Å². The molecule has 3 nitrogen and oxygen atoms in total. The van der Waals surface area contributed by atoms with Crippen LogP contribution in [-0.2, 0) is 4.79 Å². The molecular formula is C19H23NO2. The van der Waals surface area contributed by atoms with Crippen molar-refractivity contribution in [2.75, 3.05) is 6.61 Å². The highest BCUT2D eigenvalue weighted by atomic mass is 16.3. The van der Waals surface area contributed by atoms with Crippen LogP contribution in [0.25, 0.3) is 10.8 Å². The van der Waals surface area contributed by atoms with Crippen LogP contribution in [0, 0.1) is 5.92 Å². The van der Waals surface area contributed by atoms with Crippen LogP contribution in [0.5, 0.6) is 0 Å². The number of aliphatic hydroxyl groups excluding tert-OH is 1. The number of aliphatic hydroxyl groups is 1. The number of carbonyl (C=O) groups is 1. The molecular weight excluding hydrogens is 274 g/mol. The van der Waals surface area contributed by atoms with Crippen molar-refractivity contribution in [3.63, 3.8) is 0 Å². The fraction of sp³-hybridized carbons (Fsp3) is 0.421. The summed E-state index contributed by atoms with van der Waals surface area (Å²) >= 11 is 0. The second-order valence-electron chi connectivity index (χ2n) is 6.19. The Hall–Kier alpha value is -1.87. The zero-order valence-electron chi connectivity index (χ0n) is 12.8. The lowest BCUT2D eigenvalue weighted by Gasteiger charge is -2.24. The summed E-state index contributed by atoms with van der Waals surface area (Å²) < 4.78 is 0. The molecule has 0 bridgehead atoms. The first-order valence-corrected chi connectivity index (χ1v) is 8.18. The average molecular weight is 297 g/mol. The maximum absolute atomic E-state index is 12.4. The van der Waals surface area contributed by atoms with E-state index in [2.05, 4.69) is 23.5 Å². The van der Waals surface area contributed by atoms with E-state index >= 15 is 0 Å². The molecule has 0 saturated heterocycles. The zero-order chi connectivity index (χ0) is 15.4. The first kappa shape index (κ1) is 15.0. The average Bonchev–Trinajstić information content (AvgIpc) is 2.59. The third-order valence-electron chi connectivity index (χ3n) is 4.65. The van der Waals surface area contributed by atoms with Gasteiger partial charge in [-0.1, -0.05) is 55.7 Å². The fourth-order valence-electron chi connectivity index (χ4n) is 3.31.